The average molecular weight is 255 g/mol. The van der Waals surface area contributed by atoms with Gasteiger partial charge in [0.2, 0.25) is 0 Å². The van der Waals surface area contributed by atoms with Gasteiger partial charge in [0.05, 0.1) is 11.9 Å². The zero-order valence-corrected chi connectivity index (χ0v) is 9.75. The lowest BCUT2D eigenvalue weighted by Crippen LogP contribution is -2.13. The number of hydrogen-bond acceptors (Lipinski definition) is 3. The first-order chi connectivity index (χ1) is 7.99. The van der Waals surface area contributed by atoms with Crippen LogP contribution in [0.1, 0.15) is 5.56 Å². The fraction of sp³-hybridized carbons (Fsp3) is 0.100. The van der Waals surface area contributed by atoms with Crippen molar-refractivity contribution in [3.8, 4) is 0 Å². The molecule has 1 aromatic carbocycles. The number of H-pyrrole nitrogens is 1. The summed E-state index contributed by atoms with van der Waals surface area (Å²) in [6, 6.07) is 4.26. The van der Waals surface area contributed by atoms with Crippen LogP contribution in [0.2, 0.25) is 0 Å². The number of anilines is 1. The molecule has 0 radical (unpaired) electrons. The number of sulfonamides is 1. The monoisotopic (exact) mass is 255 g/mol. The van der Waals surface area contributed by atoms with Crippen LogP contribution in [-0.4, -0.2) is 18.6 Å². The lowest BCUT2D eigenvalue weighted by Gasteiger charge is -2.07. The molecule has 0 saturated heterocycles. The maximum atomic E-state index is 13.5. The smallest absolute Gasteiger partial charge is 0.265 e. The van der Waals surface area contributed by atoms with E-state index in [1.165, 1.54) is 18.3 Å². The third-order valence-electron chi connectivity index (χ3n) is 2.15. The van der Waals surface area contributed by atoms with Gasteiger partial charge in [0, 0.05) is 6.20 Å². The Balaban J connectivity index is 2.33. The predicted octanol–water partition coefficient (Wildman–Crippen LogP) is 1.66. The highest BCUT2D eigenvalue weighted by Crippen LogP contribution is 2.19. The van der Waals surface area contributed by atoms with Crippen molar-refractivity contribution in [3.63, 3.8) is 0 Å². The van der Waals surface area contributed by atoms with E-state index in [2.05, 4.69) is 14.9 Å². The number of aromatic nitrogens is 2. The van der Waals surface area contributed by atoms with E-state index < -0.39 is 15.8 Å². The zero-order chi connectivity index (χ0) is 12.5. The van der Waals surface area contributed by atoms with Crippen molar-refractivity contribution in [2.24, 2.45) is 0 Å². The van der Waals surface area contributed by atoms with Gasteiger partial charge in [-0.15, -0.1) is 0 Å². The molecule has 0 aliphatic rings. The first-order valence-corrected chi connectivity index (χ1v) is 6.25. The van der Waals surface area contributed by atoms with Gasteiger partial charge in [-0.2, -0.15) is 5.10 Å². The van der Waals surface area contributed by atoms with Crippen LogP contribution in [0.25, 0.3) is 0 Å². The van der Waals surface area contributed by atoms with Crippen LogP contribution in [0.3, 0.4) is 0 Å². The first-order valence-electron chi connectivity index (χ1n) is 4.77. The van der Waals surface area contributed by atoms with Gasteiger partial charge in [-0.25, -0.2) is 12.8 Å². The molecule has 0 aliphatic carbocycles. The maximum absolute atomic E-state index is 13.5. The van der Waals surface area contributed by atoms with Crippen molar-refractivity contribution in [1.29, 1.82) is 0 Å². The SMILES string of the molecule is Cc1ccc(NS(=O)(=O)c2cn[nH]c2)c(F)c1. The summed E-state index contributed by atoms with van der Waals surface area (Å²) in [6.45, 7) is 1.72. The van der Waals surface area contributed by atoms with Crippen LogP contribution in [0.4, 0.5) is 10.1 Å². The molecule has 0 atom stereocenters. The van der Waals surface area contributed by atoms with Crippen LogP contribution in [0.5, 0.6) is 0 Å². The molecule has 0 fully saturated rings. The van der Waals surface area contributed by atoms with Gasteiger partial charge in [0.15, 0.2) is 0 Å². The largest absolute Gasteiger partial charge is 0.284 e. The highest BCUT2D eigenvalue weighted by Gasteiger charge is 2.17. The van der Waals surface area contributed by atoms with Gasteiger partial charge in [0.25, 0.3) is 10.0 Å². The summed E-state index contributed by atoms with van der Waals surface area (Å²) in [4.78, 5) is -0.0440. The van der Waals surface area contributed by atoms with E-state index in [0.717, 1.165) is 6.20 Å². The third-order valence-corrected chi connectivity index (χ3v) is 3.48. The third kappa shape index (κ3) is 2.44. The van der Waals surface area contributed by atoms with E-state index in [1.54, 1.807) is 13.0 Å². The second-order valence-electron chi connectivity index (χ2n) is 3.52. The Hall–Kier alpha value is -1.89. The highest BCUT2D eigenvalue weighted by molar-refractivity contribution is 7.92. The van der Waals surface area contributed by atoms with Crippen LogP contribution < -0.4 is 4.72 Å². The molecule has 0 unspecified atom stereocenters. The number of rotatable bonds is 3. The van der Waals surface area contributed by atoms with E-state index in [4.69, 9.17) is 0 Å². The summed E-state index contributed by atoms with van der Waals surface area (Å²) in [6.07, 6.45) is 2.36. The molecule has 0 bridgehead atoms. The summed E-state index contributed by atoms with van der Waals surface area (Å²) in [5, 5.41) is 5.91. The topological polar surface area (TPSA) is 74.8 Å². The lowest BCUT2D eigenvalue weighted by molar-refractivity contribution is 0.598. The molecule has 2 aromatic rings. The summed E-state index contributed by atoms with van der Waals surface area (Å²) in [5.74, 6) is -0.614. The number of nitrogens with zero attached hydrogens (tertiary/aromatic N) is 1. The van der Waals surface area contributed by atoms with Gasteiger partial charge in [-0.1, -0.05) is 6.07 Å². The normalized spacial score (nSPS) is 11.4. The van der Waals surface area contributed by atoms with Crippen molar-refractivity contribution < 1.29 is 12.8 Å². The van der Waals surface area contributed by atoms with E-state index in [1.807, 2.05) is 0 Å². The molecule has 0 aliphatic heterocycles. The minimum absolute atomic E-state index is 0.0440. The Morgan fingerprint density at radius 2 is 2.18 bits per heavy atom. The molecule has 0 amide bonds. The van der Waals surface area contributed by atoms with E-state index in [-0.39, 0.29) is 10.6 Å². The molecule has 0 spiro atoms. The number of benzene rings is 1. The predicted molar refractivity (Wildman–Crippen MR) is 60.5 cm³/mol. The standard InChI is InChI=1S/C10H10FN3O2S/c1-7-2-3-10(9(11)4-7)14-17(15,16)8-5-12-13-6-8/h2-6,14H,1H3,(H,12,13). The van der Waals surface area contributed by atoms with Crippen LogP contribution in [0.15, 0.2) is 35.5 Å². The van der Waals surface area contributed by atoms with Crippen molar-refractivity contribution in [1.82, 2.24) is 10.2 Å². The van der Waals surface area contributed by atoms with Gasteiger partial charge in [0.1, 0.15) is 10.7 Å². The van der Waals surface area contributed by atoms with Gasteiger partial charge in [-0.05, 0) is 24.6 Å². The van der Waals surface area contributed by atoms with Gasteiger partial charge < -0.3 is 0 Å². The summed E-state index contributed by atoms with van der Waals surface area (Å²) < 4.78 is 39.1. The van der Waals surface area contributed by atoms with Crippen LogP contribution in [-0.2, 0) is 10.0 Å². The molecular formula is C10H10FN3O2S. The lowest BCUT2D eigenvalue weighted by atomic mass is 10.2. The van der Waals surface area contributed by atoms with Crippen molar-refractivity contribution in [3.05, 3.63) is 42.0 Å². The zero-order valence-electron chi connectivity index (χ0n) is 8.94. The number of aromatic amines is 1. The number of hydrogen-bond donors (Lipinski definition) is 2. The van der Waals surface area contributed by atoms with Crippen molar-refractivity contribution in [2.45, 2.75) is 11.8 Å². The molecule has 1 heterocycles. The molecule has 0 saturated carbocycles. The van der Waals surface area contributed by atoms with Crippen LogP contribution >= 0.6 is 0 Å². The van der Waals surface area contributed by atoms with E-state index >= 15 is 0 Å². The minimum Gasteiger partial charge on any atom is -0.284 e. The van der Waals surface area contributed by atoms with Gasteiger partial charge >= 0.3 is 0 Å². The summed E-state index contributed by atoms with van der Waals surface area (Å²) in [5.41, 5.74) is 0.630. The van der Waals surface area contributed by atoms with E-state index in [9.17, 15) is 12.8 Å². The second-order valence-corrected chi connectivity index (χ2v) is 5.21. The Labute approximate surface area is 97.7 Å². The summed E-state index contributed by atoms with van der Waals surface area (Å²) >= 11 is 0. The molecule has 7 heteroatoms. The maximum Gasteiger partial charge on any atom is 0.265 e. The van der Waals surface area contributed by atoms with Gasteiger partial charge in [-0.3, -0.25) is 9.82 Å². The van der Waals surface area contributed by atoms with E-state index in [0.29, 0.717) is 5.56 Å². The fourth-order valence-electron chi connectivity index (χ4n) is 1.29. The highest BCUT2D eigenvalue weighted by atomic mass is 32.2. The molecule has 2 rings (SSSR count). The second kappa shape index (κ2) is 4.17. The molecule has 17 heavy (non-hydrogen) atoms. The Bertz CT molecular complexity index is 623. The van der Waals surface area contributed by atoms with Crippen molar-refractivity contribution >= 4 is 15.7 Å². The molecule has 2 N–H and O–H groups in total. The number of aryl methyl sites for hydroxylation is 1. The van der Waals surface area contributed by atoms with Crippen molar-refractivity contribution in [2.75, 3.05) is 4.72 Å². The fourth-order valence-corrected chi connectivity index (χ4v) is 2.26. The summed E-state index contributed by atoms with van der Waals surface area (Å²) in [7, 11) is -3.79. The Kier molecular flexibility index (Phi) is 2.84. The minimum atomic E-state index is -3.79. The number of nitrogens with one attached hydrogen (secondary N) is 2. The van der Waals surface area contributed by atoms with Crippen LogP contribution in [0, 0.1) is 12.7 Å². The molecule has 5 nitrogen and oxygen atoms in total. The first kappa shape index (κ1) is 11.6. The Morgan fingerprint density at radius 3 is 2.76 bits per heavy atom. The molecule has 1 aromatic heterocycles. The number of halogens is 1. The molecular weight excluding hydrogens is 245 g/mol. The molecule has 90 valence electrons. The average Bonchev–Trinajstić information content (AvgIpc) is 2.76. The Morgan fingerprint density at radius 1 is 1.41 bits per heavy atom. The quantitative estimate of drug-likeness (QED) is 0.875.